The number of rotatable bonds is 6. The molecule has 1 atom stereocenters. The second-order valence-electron chi connectivity index (χ2n) is 7.54. The molecule has 0 radical (unpaired) electrons. The number of sulfonamides is 1. The molecule has 1 aliphatic heterocycles. The summed E-state index contributed by atoms with van der Waals surface area (Å²) in [6, 6.07) is 13.2. The highest BCUT2D eigenvalue weighted by Gasteiger charge is 2.51. The number of halogens is 1. The van der Waals surface area contributed by atoms with Gasteiger partial charge < -0.3 is 0 Å². The van der Waals surface area contributed by atoms with Crippen molar-refractivity contribution in [3.8, 4) is 0 Å². The van der Waals surface area contributed by atoms with Crippen molar-refractivity contribution < 1.29 is 18.0 Å². The number of hydrogen-bond donors (Lipinski definition) is 0. The zero-order chi connectivity index (χ0) is 21.4. The van der Waals surface area contributed by atoms with E-state index in [2.05, 4.69) is 0 Å². The van der Waals surface area contributed by atoms with E-state index in [9.17, 15) is 18.0 Å². The van der Waals surface area contributed by atoms with Crippen LogP contribution in [0, 0.1) is 0 Å². The lowest BCUT2D eigenvalue weighted by molar-refractivity contribution is -0.122. The first-order valence-electron chi connectivity index (χ1n) is 9.31. The van der Waals surface area contributed by atoms with Crippen molar-refractivity contribution in [1.29, 1.82) is 0 Å². The molecule has 1 unspecified atom stereocenters. The van der Waals surface area contributed by atoms with Crippen LogP contribution in [0.15, 0.2) is 59.5 Å². The molecule has 0 saturated carbocycles. The van der Waals surface area contributed by atoms with Crippen molar-refractivity contribution in [3.05, 3.63) is 59.6 Å². The predicted molar refractivity (Wildman–Crippen MR) is 112 cm³/mol. The maximum Gasteiger partial charge on any atom is 0.252 e. The molecule has 1 saturated heterocycles. The van der Waals surface area contributed by atoms with E-state index in [1.807, 2.05) is 6.92 Å². The molecule has 0 N–H and O–H groups in total. The Labute approximate surface area is 176 Å². The summed E-state index contributed by atoms with van der Waals surface area (Å²) < 4.78 is 28.2. The molecule has 6 nitrogen and oxygen atoms in total. The van der Waals surface area contributed by atoms with Crippen LogP contribution in [-0.4, -0.2) is 36.1 Å². The van der Waals surface area contributed by atoms with Gasteiger partial charge in [0.15, 0.2) is 0 Å². The summed E-state index contributed by atoms with van der Waals surface area (Å²) in [6.45, 7) is 5.37. The van der Waals surface area contributed by atoms with Crippen LogP contribution < -0.4 is 4.90 Å². The normalized spacial score (nSPS) is 18.0. The highest BCUT2D eigenvalue weighted by atomic mass is 35.5. The van der Waals surface area contributed by atoms with Crippen molar-refractivity contribution in [2.75, 3.05) is 4.90 Å². The molecular formula is C21H23ClN2O4S. The Hall–Kier alpha value is -2.22. The van der Waals surface area contributed by atoms with Gasteiger partial charge in [0.2, 0.25) is 15.9 Å². The molecule has 154 valence electrons. The molecule has 0 bridgehead atoms. The molecule has 2 amide bonds. The summed E-state index contributed by atoms with van der Waals surface area (Å²) in [6.07, 6.45) is 0.259. The molecule has 0 aliphatic carbocycles. The zero-order valence-electron chi connectivity index (χ0n) is 16.5. The fraction of sp³-hybridized carbons (Fsp3) is 0.333. The lowest BCUT2D eigenvalue weighted by atomic mass is 10.00. The van der Waals surface area contributed by atoms with Gasteiger partial charge in [-0.3, -0.25) is 9.59 Å². The lowest BCUT2D eigenvalue weighted by Crippen LogP contribution is -2.55. The minimum atomic E-state index is -4.01. The van der Waals surface area contributed by atoms with Crippen LogP contribution in [0.1, 0.15) is 33.6 Å². The number of imide groups is 1. The van der Waals surface area contributed by atoms with Crippen LogP contribution in [-0.2, 0) is 19.6 Å². The molecule has 0 spiro atoms. The fourth-order valence-corrected chi connectivity index (χ4v) is 5.57. The molecule has 1 aliphatic rings. The first-order valence-corrected chi connectivity index (χ1v) is 11.1. The Morgan fingerprint density at radius 1 is 1.07 bits per heavy atom. The van der Waals surface area contributed by atoms with Crippen molar-refractivity contribution in [3.63, 3.8) is 0 Å². The van der Waals surface area contributed by atoms with E-state index in [-0.39, 0.29) is 11.3 Å². The first kappa shape index (κ1) is 21.5. The number of anilines is 1. The Bertz CT molecular complexity index is 1020. The second-order valence-corrected chi connectivity index (χ2v) is 9.79. The summed E-state index contributed by atoms with van der Waals surface area (Å²) >= 11 is 5.90. The van der Waals surface area contributed by atoms with Crippen molar-refractivity contribution >= 4 is 39.1 Å². The molecule has 3 rings (SSSR count). The Morgan fingerprint density at radius 2 is 1.66 bits per heavy atom. The number of amides is 2. The quantitative estimate of drug-likeness (QED) is 0.647. The second kappa shape index (κ2) is 7.89. The number of carbonyl (C=O) groups excluding carboxylic acids is 2. The van der Waals surface area contributed by atoms with Crippen LogP contribution in [0.5, 0.6) is 0 Å². The van der Waals surface area contributed by atoms with Crippen molar-refractivity contribution in [2.45, 2.75) is 50.1 Å². The van der Waals surface area contributed by atoms with E-state index in [0.29, 0.717) is 17.1 Å². The molecule has 29 heavy (non-hydrogen) atoms. The van der Waals surface area contributed by atoms with Gasteiger partial charge in [-0.1, -0.05) is 36.7 Å². The number of benzene rings is 2. The van der Waals surface area contributed by atoms with Gasteiger partial charge in [0, 0.05) is 10.6 Å². The van der Waals surface area contributed by atoms with Gasteiger partial charge in [-0.15, -0.1) is 0 Å². The lowest BCUT2D eigenvalue weighted by Gasteiger charge is -2.39. The first-order chi connectivity index (χ1) is 13.6. The number of carbonyl (C=O) groups is 2. The third-order valence-corrected chi connectivity index (χ3v) is 7.64. The smallest absolute Gasteiger partial charge is 0.252 e. The van der Waals surface area contributed by atoms with E-state index < -0.39 is 33.4 Å². The van der Waals surface area contributed by atoms with Crippen molar-refractivity contribution in [1.82, 2.24) is 4.31 Å². The predicted octanol–water partition coefficient (Wildman–Crippen LogP) is 3.85. The number of nitrogens with zero attached hydrogens (tertiary/aromatic N) is 2. The minimum absolute atomic E-state index is 0.0896. The summed E-state index contributed by atoms with van der Waals surface area (Å²) in [7, 11) is -4.01. The Morgan fingerprint density at radius 3 is 2.21 bits per heavy atom. The average Bonchev–Trinajstić information content (AvgIpc) is 2.97. The monoisotopic (exact) mass is 434 g/mol. The van der Waals surface area contributed by atoms with Gasteiger partial charge in [-0.05, 0) is 56.7 Å². The van der Waals surface area contributed by atoms with Gasteiger partial charge in [0.05, 0.1) is 17.0 Å². The summed E-state index contributed by atoms with van der Waals surface area (Å²) in [4.78, 5) is 27.1. The highest BCUT2D eigenvalue weighted by Crippen LogP contribution is 2.35. The number of hydrogen-bond acceptors (Lipinski definition) is 4. The molecule has 1 fully saturated rings. The topological polar surface area (TPSA) is 74.8 Å². The van der Waals surface area contributed by atoms with Gasteiger partial charge in [0.25, 0.3) is 5.91 Å². The summed E-state index contributed by atoms with van der Waals surface area (Å²) in [5, 5.41) is 0.477. The Kier molecular flexibility index (Phi) is 5.85. The summed E-state index contributed by atoms with van der Waals surface area (Å²) in [5.41, 5.74) is -0.496. The largest absolute Gasteiger partial charge is 0.274 e. The van der Waals surface area contributed by atoms with E-state index in [0.717, 1.165) is 4.90 Å². The van der Waals surface area contributed by atoms with E-state index >= 15 is 0 Å². The minimum Gasteiger partial charge on any atom is -0.274 e. The average molecular weight is 435 g/mol. The summed E-state index contributed by atoms with van der Waals surface area (Å²) in [5.74, 6) is -0.999. The van der Waals surface area contributed by atoms with Crippen LogP contribution in [0.25, 0.3) is 0 Å². The van der Waals surface area contributed by atoms with E-state index in [1.165, 1.54) is 16.4 Å². The maximum atomic E-state index is 13.5. The van der Waals surface area contributed by atoms with E-state index in [1.54, 1.807) is 56.3 Å². The van der Waals surface area contributed by atoms with Crippen LogP contribution in [0.2, 0.25) is 5.02 Å². The standard InChI is InChI=1S/C21H23ClN2O4S/c1-4-21(2,3)24(29(27,28)17-8-6-5-7-9-17)18-14-19(25)23(20(18)26)16-12-10-15(22)11-13-16/h5-13,18H,4,14H2,1-3H3. The molecule has 8 heteroatoms. The molecule has 2 aromatic carbocycles. The third-order valence-electron chi connectivity index (χ3n) is 5.25. The third kappa shape index (κ3) is 3.95. The van der Waals surface area contributed by atoms with E-state index in [4.69, 9.17) is 11.6 Å². The fourth-order valence-electron chi connectivity index (χ4n) is 3.44. The maximum absolute atomic E-state index is 13.5. The van der Waals surface area contributed by atoms with Gasteiger partial charge in [-0.2, -0.15) is 4.31 Å². The zero-order valence-corrected chi connectivity index (χ0v) is 18.1. The van der Waals surface area contributed by atoms with Crippen LogP contribution in [0.4, 0.5) is 5.69 Å². The highest BCUT2D eigenvalue weighted by molar-refractivity contribution is 7.89. The van der Waals surface area contributed by atoms with Crippen LogP contribution >= 0.6 is 11.6 Å². The van der Waals surface area contributed by atoms with Gasteiger partial charge in [0.1, 0.15) is 6.04 Å². The molecular weight excluding hydrogens is 412 g/mol. The molecule has 0 aromatic heterocycles. The SMILES string of the molecule is CCC(C)(C)N(C1CC(=O)N(c2ccc(Cl)cc2)C1=O)S(=O)(=O)c1ccccc1. The molecule has 1 heterocycles. The Balaban J connectivity index is 2.07. The van der Waals surface area contributed by atoms with Gasteiger partial charge in [-0.25, -0.2) is 13.3 Å². The van der Waals surface area contributed by atoms with Crippen molar-refractivity contribution in [2.24, 2.45) is 0 Å². The van der Waals surface area contributed by atoms with Crippen LogP contribution in [0.3, 0.4) is 0 Å². The molecule has 2 aromatic rings. The van der Waals surface area contributed by atoms with Gasteiger partial charge >= 0.3 is 0 Å².